The maximum atomic E-state index is 12.5. The van der Waals surface area contributed by atoms with Crippen molar-refractivity contribution in [3.63, 3.8) is 0 Å². The normalized spacial score (nSPS) is 12.4. The van der Waals surface area contributed by atoms with Crippen LogP contribution in [0.15, 0.2) is 70.3 Å². The second kappa shape index (κ2) is 7.94. The van der Waals surface area contributed by atoms with E-state index < -0.39 is 10.0 Å². The van der Waals surface area contributed by atoms with Crippen LogP contribution in [0, 0.1) is 6.92 Å². The monoisotopic (exact) mass is 400 g/mol. The first kappa shape index (κ1) is 19.1. The van der Waals surface area contributed by atoms with Gasteiger partial charge in [-0.3, -0.25) is 9.52 Å². The molecule has 1 heterocycles. The SMILES string of the molecule is Cc1ccccc1C(C)NC(=O)c1ccc(NS(=O)(=O)c2cccs2)cc1. The lowest BCUT2D eigenvalue weighted by Gasteiger charge is -2.16. The zero-order valence-electron chi connectivity index (χ0n) is 15.0. The number of carbonyl (C=O) groups is 1. The van der Waals surface area contributed by atoms with E-state index in [0.29, 0.717) is 11.3 Å². The van der Waals surface area contributed by atoms with Crippen LogP contribution in [0.1, 0.15) is 34.5 Å². The summed E-state index contributed by atoms with van der Waals surface area (Å²) in [4.78, 5) is 12.5. The molecule has 0 bridgehead atoms. The topological polar surface area (TPSA) is 75.3 Å². The smallest absolute Gasteiger partial charge is 0.271 e. The molecule has 3 aromatic rings. The van der Waals surface area contributed by atoms with Crippen molar-refractivity contribution in [3.05, 3.63) is 82.7 Å². The summed E-state index contributed by atoms with van der Waals surface area (Å²) in [6.45, 7) is 3.94. The van der Waals surface area contributed by atoms with E-state index in [2.05, 4.69) is 10.0 Å². The fourth-order valence-corrected chi connectivity index (χ4v) is 4.79. The number of amides is 1. The highest BCUT2D eigenvalue weighted by atomic mass is 32.2. The molecule has 0 fully saturated rings. The number of thiophene rings is 1. The van der Waals surface area contributed by atoms with Crippen molar-refractivity contribution in [1.82, 2.24) is 5.32 Å². The third kappa shape index (κ3) is 4.56. The van der Waals surface area contributed by atoms with Crippen LogP contribution < -0.4 is 10.0 Å². The first-order chi connectivity index (χ1) is 12.9. The Morgan fingerprint density at radius 1 is 1.00 bits per heavy atom. The molecule has 0 spiro atoms. The van der Waals surface area contributed by atoms with Crippen LogP contribution in [-0.4, -0.2) is 14.3 Å². The van der Waals surface area contributed by atoms with E-state index >= 15 is 0 Å². The summed E-state index contributed by atoms with van der Waals surface area (Å²) >= 11 is 1.15. The lowest BCUT2D eigenvalue weighted by atomic mass is 10.0. The standard InChI is InChI=1S/C20H20N2O3S2/c1-14-6-3-4-7-18(14)15(2)21-20(23)16-9-11-17(12-10-16)22-27(24,25)19-8-5-13-26-19/h3-13,15,22H,1-2H3,(H,21,23). The number of carbonyl (C=O) groups excluding carboxylic acids is 1. The van der Waals surface area contributed by atoms with Gasteiger partial charge in [-0.1, -0.05) is 30.3 Å². The Kier molecular flexibility index (Phi) is 5.62. The summed E-state index contributed by atoms with van der Waals surface area (Å²) in [5, 5.41) is 4.67. The molecule has 0 aliphatic carbocycles. The van der Waals surface area contributed by atoms with Crippen LogP contribution in [0.2, 0.25) is 0 Å². The molecule has 7 heteroatoms. The second-order valence-electron chi connectivity index (χ2n) is 6.17. The van der Waals surface area contributed by atoms with Crippen LogP contribution >= 0.6 is 11.3 Å². The quantitative estimate of drug-likeness (QED) is 0.646. The van der Waals surface area contributed by atoms with Crippen LogP contribution in [-0.2, 0) is 10.0 Å². The van der Waals surface area contributed by atoms with Gasteiger partial charge in [-0.15, -0.1) is 11.3 Å². The largest absolute Gasteiger partial charge is 0.346 e. The number of sulfonamides is 1. The van der Waals surface area contributed by atoms with Crippen LogP contribution in [0.4, 0.5) is 5.69 Å². The van der Waals surface area contributed by atoms with E-state index in [9.17, 15) is 13.2 Å². The Bertz CT molecular complexity index is 1030. The number of hydrogen-bond donors (Lipinski definition) is 2. The molecular formula is C20H20N2O3S2. The first-order valence-electron chi connectivity index (χ1n) is 8.39. The van der Waals surface area contributed by atoms with Gasteiger partial charge in [0.1, 0.15) is 4.21 Å². The van der Waals surface area contributed by atoms with Gasteiger partial charge < -0.3 is 5.32 Å². The third-order valence-electron chi connectivity index (χ3n) is 4.16. The molecule has 0 radical (unpaired) electrons. The van der Waals surface area contributed by atoms with Gasteiger partial charge >= 0.3 is 0 Å². The molecule has 1 amide bonds. The Hall–Kier alpha value is -2.64. The maximum Gasteiger partial charge on any atom is 0.271 e. The molecule has 0 saturated carbocycles. The zero-order valence-corrected chi connectivity index (χ0v) is 16.6. The summed E-state index contributed by atoms with van der Waals surface area (Å²) < 4.78 is 27.2. The Balaban J connectivity index is 1.68. The summed E-state index contributed by atoms with van der Waals surface area (Å²) in [7, 11) is -3.59. The van der Waals surface area contributed by atoms with Crippen LogP contribution in [0.3, 0.4) is 0 Å². The van der Waals surface area contributed by atoms with Gasteiger partial charge in [-0.25, -0.2) is 8.42 Å². The predicted octanol–water partition coefficient (Wildman–Crippen LogP) is 4.35. The van der Waals surface area contributed by atoms with Crippen molar-refractivity contribution in [2.45, 2.75) is 24.1 Å². The van der Waals surface area contributed by atoms with E-state index in [4.69, 9.17) is 0 Å². The zero-order chi connectivity index (χ0) is 19.4. The van der Waals surface area contributed by atoms with Crippen molar-refractivity contribution in [2.24, 2.45) is 0 Å². The number of anilines is 1. The molecule has 1 atom stereocenters. The average molecular weight is 401 g/mol. The minimum Gasteiger partial charge on any atom is -0.346 e. The molecule has 0 aliphatic heterocycles. The molecule has 27 heavy (non-hydrogen) atoms. The van der Waals surface area contributed by atoms with Gasteiger partial charge in [0.05, 0.1) is 6.04 Å². The molecule has 140 valence electrons. The molecular weight excluding hydrogens is 380 g/mol. The van der Waals surface area contributed by atoms with E-state index in [1.165, 1.54) is 0 Å². The number of benzene rings is 2. The fraction of sp³-hybridized carbons (Fsp3) is 0.150. The maximum absolute atomic E-state index is 12.5. The van der Waals surface area contributed by atoms with Gasteiger partial charge in [-0.2, -0.15) is 0 Å². The van der Waals surface area contributed by atoms with Crippen molar-refractivity contribution in [3.8, 4) is 0 Å². The molecule has 2 N–H and O–H groups in total. The van der Waals surface area contributed by atoms with Crippen molar-refractivity contribution in [2.75, 3.05) is 4.72 Å². The first-order valence-corrected chi connectivity index (χ1v) is 10.8. The fourth-order valence-electron chi connectivity index (χ4n) is 2.74. The summed E-state index contributed by atoms with van der Waals surface area (Å²) in [5.74, 6) is -0.210. The van der Waals surface area contributed by atoms with Crippen LogP contribution in [0.25, 0.3) is 0 Å². The molecule has 1 aromatic heterocycles. The number of hydrogen-bond acceptors (Lipinski definition) is 4. The third-order valence-corrected chi connectivity index (χ3v) is 6.94. The number of nitrogens with one attached hydrogen (secondary N) is 2. The lowest BCUT2D eigenvalue weighted by molar-refractivity contribution is 0.0940. The highest BCUT2D eigenvalue weighted by molar-refractivity contribution is 7.94. The van der Waals surface area contributed by atoms with Gasteiger partial charge in [0.25, 0.3) is 15.9 Å². The van der Waals surface area contributed by atoms with Crippen molar-refractivity contribution in [1.29, 1.82) is 0 Å². The van der Waals surface area contributed by atoms with Gasteiger partial charge in [-0.05, 0) is 60.7 Å². The summed E-state index contributed by atoms with van der Waals surface area (Å²) in [6.07, 6.45) is 0. The molecule has 1 unspecified atom stereocenters. The van der Waals surface area contributed by atoms with Crippen molar-refractivity contribution < 1.29 is 13.2 Å². The molecule has 5 nitrogen and oxygen atoms in total. The molecule has 3 rings (SSSR count). The highest BCUT2D eigenvalue weighted by Crippen LogP contribution is 2.21. The minimum absolute atomic E-state index is 0.129. The molecule has 0 aliphatic rings. The van der Waals surface area contributed by atoms with Gasteiger partial charge in [0.15, 0.2) is 0 Å². The summed E-state index contributed by atoms with van der Waals surface area (Å²) in [5.41, 5.74) is 3.05. The highest BCUT2D eigenvalue weighted by Gasteiger charge is 2.16. The van der Waals surface area contributed by atoms with E-state index in [-0.39, 0.29) is 16.2 Å². The Morgan fingerprint density at radius 2 is 1.70 bits per heavy atom. The van der Waals surface area contributed by atoms with E-state index in [1.807, 2.05) is 38.1 Å². The Morgan fingerprint density at radius 3 is 2.33 bits per heavy atom. The van der Waals surface area contributed by atoms with E-state index in [1.54, 1.807) is 41.8 Å². The van der Waals surface area contributed by atoms with Gasteiger partial charge in [0, 0.05) is 11.3 Å². The van der Waals surface area contributed by atoms with E-state index in [0.717, 1.165) is 22.5 Å². The number of rotatable bonds is 6. The minimum atomic E-state index is -3.59. The van der Waals surface area contributed by atoms with Gasteiger partial charge in [0.2, 0.25) is 0 Å². The molecule has 2 aromatic carbocycles. The average Bonchev–Trinajstić information content (AvgIpc) is 3.18. The second-order valence-corrected chi connectivity index (χ2v) is 9.02. The molecule has 0 saturated heterocycles. The Labute approximate surface area is 163 Å². The number of aryl methyl sites for hydroxylation is 1. The van der Waals surface area contributed by atoms with Crippen molar-refractivity contribution >= 4 is 33.0 Å². The lowest BCUT2D eigenvalue weighted by Crippen LogP contribution is -2.27. The summed E-state index contributed by atoms with van der Waals surface area (Å²) in [6, 6.07) is 17.4. The predicted molar refractivity (Wildman–Crippen MR) is 109 cm³/mol. The van der Waals surface area contributed by atoms with Crippen LogP contribution in [0.5, 0.6) is 0 Å².